The van der Waals surface area contributed by atoms with Gasteiger partial charge in [0.25, 0.3) is 0 Å². The number of likely N-dealkylation sites (tertiary alicyclic amines) is 1. The summed E-state index contributed by atoms with van der Waals surface area (Å²) < 4.78 is 5.13. The van der Waals surface area contributed by atoms with Gasteiger partial charge in [-0.3, -0.25) is 4.79 Å². The van der Waals surface area contributed by atoms with Crippen molar-refractivity contribution in [2.75, 3.05) is 25.5 Å². The van der Waals surface area contributed by atoms with Gasteiger partial charge in [0.1, 0.15) is 13.2 Å². The predicted molar refractivity (Wildman–Crippen MR) is 121 cm³/mol. The van der Waals surface area contributed by atoms with Crippen molar-refractivity contribution in [3.8, 4) is 0 Å². The summed E-state index contributed by atoms with van der Waals surface area (Å²) in [6, 6.07) is 15.8. The fraction of sp³-hybridized carbons (Fsp3) is 0.333. The highest BCUT2D eigenvalue weighted by Crippen LogP contribution is 2.26. The number of nitrogens with one attached hydrogen (secondary N) is 3. The lowest BCUT2D eigenvalue weighted by molar-refractivity contribution is -0.115. The molecule has 1 aliphatic rings. The van der Waals surface area contributed by atoms with Crippen molar-refractivity contribution in [3.05, 3.63) is 65.9 Å². The van der Waals surface area contributed by atoms with Crippen LogP contribution in [0.25, 0.3) is 10.9 Å². The Kier molecular flexibility index (Phi) is 6.52. The first-order chi connectivity index (χ1) is 15.1. The molecule has 1 saturated heterocycles. The van der Waals surface area contributed by atoms with Gasteiger partial charge in [0.2, 0.25) is 5.91 Å². The summed E-state index contributed by atoms with van der Waals surface area (Å²) in [7, 11) is 2.18. The number of fused-ring (bicyclic) bond motifs is 1. The Hall–Kier alpha value is -3.32. The molecule has 0 unspecified atom stereocenters. The number of benzene rings is 2. The molecule has 4 rings (SSSR count). The highest BCUT2D eigenvalue weighted by molar-refractivity contribution is 5.96. The van der Waals surface area contributed by atoms with Gasteiger partial charge in [0.05, 0.1) is 0 Å². The molecule has 0 saturated carbocycles. The molecule has 7 heteroatoms. The third-order valence-electron chi connectivity index (χ3n) is 5.78. The number of rotatable bonds is 7. The first kappa shape index (κ1) is 20.9. The van der Waals surface area contributed by atoms with Crippen LogP contribution in [-0.4, -0.2) is 48.1 Å². The number of anilines is 1. The molecule has 1 aliphatic heterocycles. The van der Waals surface area contributed by atoms with Gasteiger partial charge in [0, 0.05) is 28.8 Å². The van der Waals surface area contributed by atoms with E-state index in [1.807, 2.05) is 48.5 Å². The predicted octanol–water partition coefficient (Wildman–Crippen LogP) is 3.67. The number of H-pyrrole nitrogens is 1. The number of hydrogen-bond acceptors (Lipinski definition) is 4. The van der Waals surface area contributed by atoms with Crippen molar-refractivity contribution in [2.24, 2.45) is 0 Å². The number of carbonyl (C=O) groups is 2. The zero-order valence-corrected chi connectivity index (χ0v) is 17.7. The van der Waals surface area contributed by atoms with E-state index >= 15 is 0 Å². The number of nitrogens with zero attached hydrogens (tertiary/aromatic N) is 1. The first-order valence-corrected chi connectivity index (χ1v) is 10.6. The molecular weight excluding hydrogens is 392 g/mol. The van der Waals surface area contributed by atoms with E-state index in [0.717, 1.165) is 29.4 Å². The summed E-state index contributed by atoms with van der Waals surface area (Å²) in [5.74, 6) is -0.302. The fourth-order valence-electron chi connectivity index (χ4n) is 4.05. The Labute approximate surface area is 181 Å². The highest BCUT2D eigenvalue weighted by atomic mass is 16.5. The van der Waals surface area contributed by atoms with Crippen LogP contribution in [0.15, 0.2) is 54.7 Å². The summed E-state index contributed by atoms with van der Waals surface area (Å²) in [5.41, 5.74) is 3.91. The van der Waals surface area contributed by atoms with Crippen LogP contribution in [0, 0.1) is 0 Å². The second kappa shape index (κ2) is 9.66. The topological polar surface area (TPSA) is 86.5 Å². The molecule has 162 valence electrons. The van der Waals surface area contributed by atoms with Gasteiger partial charge >= 0.3 is 6.09 Å². The SMILES string of the molecule is CN1CCC[C@@H]1Cc1c[nH]c2ccc(NC(=O)CNC(=O)OCc3ccccc3)cc12. The molecule has 2 aromatic carbocycles. The molecule has 3 N–H and O–H groups in total. The van der Waals surface area contributed by atoms with Crippen molar-refractivity contribution in [2.45, 2.75) is 31.9 Å². The standard InChI is InChI=1S/C24H28N4O3/c1-28-11-5-8-20(28)12-18-14-25-22-10-9-19(13-21(18)22)27-23(29)15-26-24(30)31-16-17-6-3-2-4-7-17/h2-4,6-7,9-10,13-14,20,25H,5,8,11-12,15-16H2,1H3,(H,26,30)(H,27,29)/t20-/m1/s1. The van der Waals surface area contributed by atoms with E-state index in [1.165, 1.54) is 18.4 Å². The Bertz CT molecular complexity index is 1050. The van der Waals surface area contributed by atoms with Crippen molar-refractivity contribution in [1.29, 1.82) is 0 Å². The van der Waals surface area contributed by atoms with Gasteiger partial charge in [-0.15, -0.1) is 0 Å². The van der Waals surface area contributed by atoms with Crippen molar-refractivity contribution >= 4 is 28.6 Å². The van der Waals surface area contributed by atoms with E-state index < -0.39 is 6.09 Å². The third kappa shape index (κ3) is 5.44. The molecule has 3 aromatic rings. The molecule has 1 aromatic heterocycles. The molecule has 1 fully saturated rings. The van der Waals surface area contributed by atoms with Crippen LogP contribution in [0.1, 0.15) is 24.0 Å². The quantitative estimate of drug-likeness (QED) is 0.544. The zero-order valence-electron chi connectivity index (χ0n) is 17.7. The number of aromatic nitrogens is 1. The summed E-state index contributed by atoms with van der Waals surface area (Å²) in [6.07, 6.45) is 4.88. The van der Waals surface area contributed by atoms with Crippen LogP contribution in [0.5, 0.6) is 0 Å². The molecule has 0 radical (unpaired) electrons. The minimum atomic E-state index is -0.622. The van der Waals surface area contributed by atoms with Crippen LogP contribution in [0.2, 0.25) is 0 Å². The Morgan fingerprint density at radius 3 is 2.81 bits per heavy atom. The molecule has 31 heavy (non-hydrogen) atoms. The molecule has 0 aliphatic carbocycles. The molecule has 0 bridgehead atoms. The van der Waals surface area contributed by atoms with Crippen LogP contribution >= 0.6 is 0 Å². The van der Waals surface area contributed by atoms with E-state index in [0.29, 0.717) is 11.7 Å². The number of hydrogen-bond donors (Lipinski definition) is 3. The Morgan fingerprint density at radius 1 is 1.19 bits per heavy atom. The van der Waals surface area contributed by atoms with Gasteiger partial charge in [0.15, 0.2) is 0 Å². The maximum Gasteiger partial charge on any atom is 0.407 e. The first-order valence-electron chi connectivity index (χ1n) is 10.6. The van der Waals surface area contributed by atoms with E-state index in [9.17, 15) is 9.59 Å². The van der Waals surface area contributed by atoms with E-state index in [4.69, 9.17) is 4.74 Å². The number of aromatic amines is 1. The lowest BCUT2D eigenvalue weighted by Crippen LogP contribution is -2.33. The third-order valence-corrected chi connectivity index (χ3v) is 5.78. The van der Waals surface area contributed by atoms with Gasteiger partial charge in [-0.2, -0.15) is 0 Å². The molecule has 2 heterocycles. The summed E-state index contributed by atoms with van der Waals surface area (Å²) in [4.78, 5) is 29.8. The number of alkyl carbamates (subject to hydrolysis) is 1. The van der Waals surface area contributed by atoms with Crippen LogP contribution in [0.3, 0.4) is 0 Å². The minimum absolute atomic E-state index is 0.154. The van der Waals surface area contributed by atoms with Crippen LogP contribution < -0.4 is 10.6 Å². The number of likely N-dealkylation sites (N-methyl/N-ethyl adjacent to an activating group) is 1. The average molecular weight is 421 g/mol. The number of carbonyl (C=O) groups excluding carboxylic acids is 2. The van der Waals surface area contributed by atoms with Crippen molar-refractivity contribution in [1.82, 2.24) is 15.2 Å². The summed E-state index contributed by atoms with van der Waals surface area (Å²) in [5, 5.41) is 6.45. The van der Waals surface area contributed by atoms with Gasteiger partial charge in [-0.25, -0.2) is 4.79 Å². The highest BCUT2D eigenvalue weighted by Gasteiger charge is 2.22. The lowest BCUT2D eigenvalue weighted by atomic mass is 10.0. The van der Waals surface area contributed by atoms with Crippen LogP contribution in [-0.2, 0) is 22.6 Å². The van der Waals surface area contributed by atoms with Crippen LogP contribution in [0.4, 0.5) is 10.5 Å². The van der Waals surface area contributed by atoms with E-state index in [-0.39, 0.29) is 19.1 Å². The van der Waals surface area contributed by atoms with Crippen molar-refractivity contribution in [3.63, 3.8) is 0 Å². The van der Waals surface area contributed by atoms with E-state index in [1.54, 1.807) is 0 Å². The lowest BCUT2D eigenvalue weighted by Gasteiger charge is -2.18. The molecule has 1 atom stereocenters. The fourth-order valence-corrected chi connectivity index (χ4v) is 4.05. The maximum atomic E-state index is 12.3. The Balaban J connectivity index is 1.30. The molecule has 7 nitrogen and oxygen atoms in total. The maximum absolute atomic E-state index is 12.3. The van der Waals surface area contributed by atoms with Gasteiger partial charge < -0.3 is 25.3 Å². The summed E-state index contributed by atoms with van der Waals surface area (Å²) in [6.45, 7) is 1.16. The smallest absolute Gasteiger partial charge is 0.407 e. The average Bonchev–Trinajstić information content (AvgIpc) is 3.37. The number of amides is 2. The van der Waals surface area contributed by atoms with E-state index in [2.05, 4.69) is 33.8 Å². The van der Waals surface area contributed by atoms with Crippen molar-refractivity contribution < 1.29 is 14.3 Å². The molecule has 0 spiro atoms. The zero-order chi connectivity index (χ0) is 21.6. The largest absolute Gasteiger partial charge is 0.445 e. The monoisotopic (exact) mass is 420 g/mol. The molecule has 2 amide bonds. The normalized spacial score (nSPS) is 16.4. The summed E-state index contributed by atoms with van der Waals surface area (Å²) >= 11 is 0. The number of ether oxygens (including phenoxy) is 1. The Morgan fingerprint density at radius 2 is 2.03 bits per heavy atom. The second-order valence-corrected chi connectivity index (χ2v) is 8.02. The van der Waals surface area contributed by atoms with Gasteiger partial charge in [-0.05, 0) is 62.2 Å². The molecular formula is C24H28N4O3. The van der Waals surface area contributed by atoms with Gasteiger partial charge in [-0.1, -0.05) is 30.3 Å². The minimum Gasteiger partial charge on any atom is -0.445 e. The second-order valence-electron chi connectivity index (χ2n) is 8.02.